The molecule has 17 heavy (non-hydrogen) atoms. The lowest BCUT2D eigenvalue weighted by molar-refractivity contribution is 0.272. The molecule has 1 saturated heterocycles. The fraction of sp³-hybridized carbons (Fsp3) is 0.600. The predicted octanol–water partition coefficient (Wildman–Crippen LogP) is 2.65. The molecule has 0 aromatic heterocycles. The molecule has 2 aliphatic rings. The first-order valence-electron chi connectivity index (χ1n) is 6.72. The lowest BCUT2D eigenvalue weighted by Crippen LogP contribution is -2.45. The molecule has 1 atom stereocenters. The molecule has 1 aromatic rings. The normalized spacial score (nSPS) is 27.8. The van der Waals surface area contributed by atoms with Gasteiger partial charge in [0.2, 0.25) is 0 Å². The van der Waals surface area contributed by atoms with Gasteiger partial charge in [-0.05, 0) is 61.9 Å². The van der Waals surface area contributed by atoms with Crippen LogP contribution in [0.2, 0.25) is 0 Å². The van der Waals surface area contributed by atoms with E-state index in [0.29, 0.717) is 5.41 Å². The highest BCUT2D eigenvalue weighted by molar-refractivity contribution is 5.43. The zero-order chi connectivity index (χ0) is 11.7. The fourth-order valence-corrected chi connectivity index (χ4v) is 3.56. The quantitative estimate of drug-likeness (QED) is 0.802. The lowest BCUT2D eigenvalue weighted by atomic mass is 9.66. The number of benzene rings is 1. The first-order valence-corrected chi connectivity index (χ1v) is 6.72. The summed E-state index contributed by atoms with van der Waals surface area (Å²) in [6, 6.07) is 6.65. The number of hydrogen-bond donors (Lipinski definition) is 1. The van der Waals surface area contributed by atoms with Crippen LogP contribution in [-0.4, -0.2) is 20.2 Å². The van der Waals surface area contributed by atoms with E-state index in [1.807, 2.05) is 0 Å². The van der Waals surface area contributed by atoms with Crippen molar-refractivity contribution >= 4 is 0 Å². The second-order valence-electron chi connectivity index (χ2n) is 5.44. The number of fused-ring (bicyclic) bond motifs is 2. The molecule has 0 saturated carbocycles. The van der Waals surface area contributed by atoms with Crippen LogP contribution in [-0.2, 0) is 11.8 Å². The van der Waals surface area contributed by atoms with Gasteiger partial charge in [0, 0.05) is 12.0 Å². The summed E-state index contributed by atoms with van der Waals surface area (Å²) < 4.78 is 5.39. The monoisotopic (exact) mass is 231 g/mol. The minimum Gasteiger partial charge on any atom is -0.497 e. The van der Waals surface area contributed by atoms with Gasteiger partial charge in [0.1, 0.15) is 5.75 Å². The van der Waals surface area contributed by atoms with Crippen LogP contribution in [0, 0.1) is 0 Å². The summed E-state index contributed by atoms with van der Waals surface area (Å²) >= 11 is 0. The Hall–Kier alpha value is -1.02. The number of rotatable bonds is 1. The summed E-state index contributed by atoms with van der Waals surface area (Å²) in [5.74, 6) is 1.01. The van der Waals surface area contributed by atoms with Crippen molar-refractivity contribution in [3.8, 4) is 5.75 Å². The molecule has 1 N–H and O–H groups in total. The van der Waals surface area contributed by atoms with Gasteiger partial charge in [0.25, 0.3) is 0 Å². The zero-order valence-corrected chi connectivity index (χ0v) is 10.6. The third kappa shape index (κ3) is 1.85. The number of methoxy groups -OCH3 is 1. The first kappa shape index (κ1) is 11.1. The van der Waals surface area contributed by atoms with Crippen molar-refractivity contribution in [1.29, 1.82) is 0 Å². The van der Waals surface area contributed by atoms with Gasteiger partial charge in [-0.2, -0.15) is 0 Å². The summed E-state index contributed by atoms with van der Waals surface area (Å²) in [7, 11) is 1.76. The van der Waals surface area contributed by atoms with E-state index >= 15 is 0 Å². The van der Waals surface area contributed by atoms with Crippen molar-refractivity contribution in [2.24, 2.45) is 0 Å². The molecule has 92 valence electrons. The Morgan fingerprint density at radius 3 is 2.88 bits per heavy atom. The Bertz CT molecular complexity index is 407. The van der Waals surface area contributed by atoms with Crippen LogP contribution in [0.25, 0.3) is 0 Å². The molecule has 1 fully saturated rings. The molecule has 0 amide bonds. The summed E-state index contributed by atoms with van der Waals surface area (Å²) in [5, 5.41) is 3.58. The third-order valence-electron chi connectivity index (χ3n) is 4.46. The molecule has 1 heterocycles. The van der Waals surface area contributed by atoms with Gasteiger partial charge in [-0.15, -0.1) is 0 Å². The van der Waals surface area contributed by atoms with Crippen molar-refractivity contribution in [2.45, 2.75) is 37.5 Å². The summed E-state index contributed by atoms with van der Waals surface area (Å²) in [4.78, 5) is 0. The summed E-state index contributed by atoms with van der Waals surface area (Å²) in [5.41, 5.74) is 3.48. The zero-order valence-electron chi connectivity index (χ0n) is 10.6. The average Bonchev–Trinajstić information content (AvgIpc) is 2.40. The van der Waals surface area contributed by atoms with E-state index in [1.54, 1.807) is 18.2 Å². The number of hydrogen-bond acceptors (Lipinski definition) is 2. The molecule has 0 radical (unpaired) electrons. The number of nitrogens with one attached hydrogen (secondary N) is 1. The van der Waals surface area contributed by atoms with E-state index in [1.165, 1.54) is 38.6 Å². The van der Waals surface area contributed by atoms with Crippen LogP contribution in [0.1, 0.15) is 36.8 Å². The predicted molar refractivity (Wildman–Crippen MR) is 69.7 cm³/mol. The van der Waals surface area contributed by atoms with Gasteiger partial charge < -0.3 is 10.1 Å². The molecular weight excluding hydrogens is 210 g/mol. The van der Waals surface area contributed by atoms with Gasteiger partial charge in [-0.1, -0.05) is 6.07 Å². The molecule has 1 spiro atoms. The largest absolute Gasteiger partial charge is 0.497 e. The van der Waals surface area contributed by atoms with E-state index in [2.05, 4.69) is 23.5 Å². The smallest absolute Gasteiger partial charge is 0.119 e. The van der Waals surface area contributed by atoms with Crippen molar-refractivity contribution in [2.75, 3.05) is 20.2 Å². The summed E-state index contributed by atoms with van der Waals surface area (Å²) in [6.45, 7) is 2.33. The second-order valence-corrected chi connectivity index (χ2v) is 5.44. The molecule has 2 nitrogen and oxygen atoms in total. The van der Waals surface area contributed by atoms with Gasteiger partial charge in [0.15, 0.2) is 0 Å². The van der Waals surface area contributed by atoms with Gasteiger partial charge in [-0.3, -0.25) is 0 Å². The molecule has 0 bridgehead atoms. The summed E-state index contributed by atoms with van der Waals surface area (Å²) in [6.07, 6.45) is 6.54. The standard InChI is InChI=1S/C15H21NO/c1-17-13-6-5-12-4-2-7-15(14(12)10-13)8-3-9-16-11-15/h5-6,10,16H,2-4,7-9,11H2,1H3. The van der Waals surface area contributed by atoms with E-state index in [0.717, 1.165) is 12.3 Å². The maximum atomic E-state index is 5.39. The van der Waals surface area contributed by atoms with Crippen molar-refractivity contribution in [3.05, 3.63) is 29.3 Å². The third-order valence-corrected chi connectivity index (χ3v) is 4.46. The Morgan fingerprint density at radius 2 is 2.12 bits per heavy atom. The minimum absolute atomic E-state index is 0.389. The van der Waals surface area contributed by atoms with Crippen molar-refractivity contribution in [3.63, 3.8) is 0 Å². The van der Waals surface area contributed by atoms with E-state index in [-0.39, 0.29) is 0 Å². The molecule has 3 rings (SSSR count). The topological polar surface area (TPSA) is 21.3 Å². The van der Waals surface area contributed by atoms with Crippen molar-refractivity contribution < 1.29 is 4.74 Å². The van der Waals surface area contributed by atoms with E-state index < -0.39 is 0 Å². The highest BCUT2D eigenvalue weighted by atomic mass is 16.5. The van der Waals surface area contributed by atoms with Gasteiger partial charge in [-0.25, -0.2) is 0 Å². The van der Waals surface area contributed by atoms with Crippen molar-refractivity contribution in [1.82, 2.24) is 5.32 Å². The lowest BCUT2D eigenvalue weighted by Gasteiger charge is -2.42. The minimum atomic E-state index is 0.389. The SMILES string of the molecule is COc1ccc2c(c1)C1(CCCNC1)CCC2. The molecule has 2 heteroatoms. The number of piperidine rings is 1. The van der Waals surface area contributed by atoms with Crippen LogP contribution >= 0.6 is 0 Å². The van der Waals surface area contributed by atoms with Crippen LogP contribution in [0.3, 0.4) is 0 Å². The Balaban J connectivity index is 2.04. The van der Waals surface area contributed by atoms with Crippen LogP contribution in [0.5, 0.6) is 5.75 Å². The Morgan fingerprint density at radius 1 is 1.24 bits per heavy atom. The molecule has 1 aliphatic heterocycles. The van der Waals surface area contributed by atoms with Gasteiger partial charge >= 0.3 is 0 Å². The highest BCUT2D eigenvalue weighted by Gasteiger charge is 2.37. The molecular formula is C15H21NO. The average molecular weight is 231 g/mol. The first-order chi connectivity index (χ1) is 8.34. The van der Waals surface area contributed by atoms with Crippen LogP contribution in [0.4, 0.5) is 0 Å². The second kappa shape index (κ2) is 4.34. The van der Waals surface area contributed by atoms with E-state index in [9.17, 15) is 0 Å². The number of ether oxygens (including phenoxy) is 1. The van der Waals surface area contributed by atoms with Gasteiger partial charge in [0.05, 0.1) is 7.11 Å². The Kier molecular flexibility index (Phi) is 2.83. The maximum absolute atomic E-state index is 5.39. The molecule has 1 aliphatic carbocycles. The fourth-order valence-electron chi connectivity index (χ4n) is 3.56. The highest BCUT2D eigenvalue weighted by Crippen LogP contribution is 2.43. The molecule has 1 aromatic carbocycles. The van der Waals surface area contributed by atoms with E-state index in [4.69, 9.17) is 4.74 Å². The van der Waals surface area contributed by atoms with Crippen LogP contribution in [0.15, 0.2) is 18.2 Å². The molecule has 1 unspecified atom stereocenters. The maximum Gasteiger partial charge on any atom is 0.119 e. The van der Waals surface area contributed by atoms with Crippen LogP contribution < -0.4 is 10.1 Å². The number of aryl methyl sites for hydroxylation is 1. The Labute approximate surface area is 103 Å².